The lowest BCUT2D eigenvalue weighted by Crippen LogP contribution is -2.27. The van der Waals surface area contributed by atoms with E-state index in [9.17, 15) is 4.79 Å². The number of aryl methyl sites for hydroxylation is 1. The summed E-state index contributed by atoms with van der Waals surface area (Å²) in [5.41, 5.74) is 2.02. The molecule has 0 radical (unpaired) electrons. The van der Waals surface area contributed by atoms with E-state index in [2.05, 4.69) is 20.5 Å². The molecular formula is C18H20N6O. The fourth-order valence-electron chi connectivity index (χ4n) is 3.22. The summed E-state index contributed by atoms with van der Waals surface area (Å²) < 4.78 is 3.90. The van der Waals surface area contributed by atoms with Crippen LogP contribution < -0.4 is 5.32 Å². The van der Waals surface area contributed by atoms with Crippen molar-refractivity contribution in [3.8, 4) is 5.69 Å². The van der Waals surface area contributed by atoms with Crippen molar-refractivity contribution in [3.05, 3.63) is 60.2 Å². The van der Waals surface area contributed by atoms with E-state index < -0.39 is 0 Å². The standard InChI is InChI=1S/C18H20N6O/c25-18(17-22-21-16-8-2-1-5-10-24(16)17)20-12-14-6-3-4-7-15(14)23-11-9-19-13-23/h3-4,6-7,9,11,13H,1-2,5,8,10,12H2,(H,20,25). The van der Waals surface area contributed by atoms with Gasteiger partial charge in [-0.05, 0) is 24.5 Å². The molecule has 1 amide bonds. The van der Waals surface area contributed by atoms with Crippen molar-refractivity contribution in [3.63, 3.8) is 0 Å². The molecule has 3 heterocycles. The number of nitrogens with one attached hydrogen (secondary N) is 1. The molecule has 0 aliphatic carbocycles. The summed E-state index contributed by atoms with van der Waals surface area (Å²) in [5.74, 6) is 1.15. The van der Waals surface area contributed by atoms with E-state index in [4.69, 9.17) is 0 Å². The van der Waals surface area contributed by atoms with Crippen LogP contribution in [0.4, 0.5) is 0 Å². The lowest BCUT2D eigenvalue weighted by Gasteiger charge is -2.11. The van der Waals surface area contributed by atoms with Crippen molar-refractivity contribution in [2.24, 2.45) is 0 Å². The quantitative estimate of drug-likeness (QED) is 0.792. The van der Waals surface area contributed by atoms with E-state index in [1.165, 1.54) is 6.42 Å². The van der Waals surface area contributed by atoms with Crippen molar-refractivity contribution < 1.29 is 4.79 Å². The van der Waals surface area contributed by atoms with Crippen LogP contribution in [0.25, 0.3) is 5.69 Å². The van der Waals surface area contributed by atoms with Gasteiger partial charge < -0.3 is 14.5 Å². The Kier molecular flexibility index (Phi) is 4.28. The van der Waals surface area contributed by atoms with Gasteiger partial charge in [0.2, 0.25) is 5.82 Å². The van der Waals surface area contributed by atoms with Crippen LogP contribution in [-0.4, -0.2) is 30.2 Å². The summed E-state index contributed by atoms with van der Waals surface area (Å²) in [6.45, 7) is 1.24. The molecule has 0 bridgehead atoms. The molecule has 0 unspecified atom stereocenters. The predicted molar refractivity (Wildman–Crippen MR) is 92.3 cm³/mol. The SMILES string of the molecule is O=C(NCc1ccccc1-n1ccnc1)c1nnc2n1CCCCC2. The average Bonchev–Trinajstić information content (AvgIpc) is 3.25. The molecule has 1 N–H and O–H groups in total. The van der Waals surface area contributed by atoms with Crippen molar-refractivity contribution in [2.45, 2.75) is 38.8 Å². The van der Waals surface area contributed by atoms with Crippen LogP contribution in [-0.2, 0) is 19.5 Å². The van der Waals surface area contributed by atoms with Crippen molar-refractivity contribution in [2.75, 3.05) is 0 Å². The third kappa shape index (κ3) is 3.17. The van der Waals surface area contributed by atoms with Crippen LogP contribution in [0.3, 0.4) is 0 Å². The summed E-state index contributed by atoms with van der Waals surface area (Å²) in [6, 6.07) is 7.94. The van der Waals surface area contributed by atoms with Gasteiger partial charge in [-0.15, -0.1) is 10.2 Å². The second-order valence-corrected chi connectivity index (χ2v) is 6.18. The first kappa shape index (κ1) is 15.6. The topological polar surface area (TPSA) is 77.6 Å². The molecule has 7 heteroatoms. The number of para-hydroxylation sites is 1. The number of imidazole rings is 1. The van der Waals surface area contributed by atoms with E-state index in [0.29, 0.717) is 12.4 Å². The highest BCUT2D eigenvalue weighted by Gasteiger charge is 2.20. The highest BCUT2D eigenvalue weighted by Crippen LogP contribution is 2.16. The summed E-state index contributed by atoms with van der Waals surface area (Å²) in [5, 5.41) is 11.3. The van der Waals surface area contributed by atoms with Crippen LogP contribution in [0.5, 0.6) is 0 Å². The molecule has 0 spiro atoms. The van der Waals surface area contributed by atoms with E-state index in [1.54, 1.807) is 12.5 Å². The van der Waals surface area contributed by atoms with Crippen LogP contribution in [0.15, 0.2) is 43.0 Å². The first-order valence-electron chi connectivity index (χ1n) is 8.59. The van der Waals surface area contributed by atoms with Gasteiger partial charge in [-0.1, -0.05) is 24.6 Å². The maximum Gasteiger partial charge on any atom is 0.289 e. The number of rotatable bonds is 4. The Bertz CT molecular complexity index is 868. The lowest BCUT2D eigenvalue weighted by molar-refractivity contribution is 0.0935. The number of aromatic nitrogens is 5. The zero-order chi connectivity index (χ0) is 17.1. The van der Waals surface area contributed by atoms with Crippen LogP contribution >= 0.6 is 0 Å². The monoisotopic (exact) mass is 336 g/mol. The molecule has 1 aliphatic heterocycles. The summed E-state index contributed by atoms with van der Waals surface area (Å²) in [4.78, 5) is 16.7. The predicted octanol–water partition coefficient (Wildman–Crippen LogP) is 2.12. The number of hydrogen-bond acceptors (Lipinski definition) is 4. The van der Waals surface area contributed by atoms with E-state index >= 15 is 0 Å². The third-order valence-corrected chi connectivity index (χ3v) is 4.53. The normalized spacial score (nSPS) is 13.9. The number of amides is 1. The molecule has 0 atom stereocenters. The average molecular weight is 336 g/mol. The van der Waals surface area contributed by atoms with E-state index in [0.717, 1.165) is 42.9 Å². The van der Waals surface area contributed by atoms with Crippen LogP contribution in [0, 0.1) is 0 Å². The van der Waals surface area contributed by atoms with Gasteiger partial charge in [-0.2, -0.15) is 0 Å². The summed E-state index contributed by atoms with van der Waals surface area (Å²) >= 11 is 0. The van der Waals surface area contributed by atoms with E-state index in [-0.39, 0.29) is 5.91 Å². The number of benzene rings is 1. The minimum Gasteiger partial charge on any atom is -0.345 e. The van der Waals surface area contributed by atoms with E-state index in [1.807, 2.05) is 39.6 Å². The van der Waals surface area contributed by atoms with Gasteiger partial charge in [-0.25, -0.2) is 4.98 Å². The van der Waals surface area contributed by atoms with Gasteiger partial charge >= 0.3 is 0 Å². The lowest BCUT2D eigenvalue weighted by atomic mass is 10.1. The Morgan fingerprint density at radius 3 is 2.96 bits per heavy atom. The van der Waals surface area contributed by atoms with Gasteiger partial charge in [0.15, 0.2) is 0 Å². The largest absolute Gasteiger partial charge is 0.345 e. The van der Waals surface area contributed by atoms with Crippen molar-refractivity contribution in [1.29, 1.82) is 0 Å². The zero-order valence-corrected chi connectivity index (χ0v) is 13.9. The van der Waals surface area contributed by atoms with Crippen molar-refractivity contribution >= 4 is 5.91 Å². The minimum absolute atomic E-state index is 0.180. The number of carbonyl (C=O) groups excluding carboxylic acids is 1. The maximum absolute atomic E-state index is 12.6. The van der Waals surface area contributed by atoms with Gasteiger partial charge in [0.25, 0.3) is 5.91 Å². The molecule has 0 saturated heterocycles. The van der Waals surface area contributed by atoms with Gasteiger partial charge in [0.05, 0.1) is 12.0 Å². The summed E-state index contributed by atoms with van der Waals surface area (Å²) in [6.07, 6.45) is 9.61. The molecule has 0 saturated carbocycles. The molecule has 1 aliphatic rings. The minimum atomic E-state index is -0.180. The fraction of sp³-hybridized carbons (Fsp3) is 0.333. The number of fused-ring (bicyclic) bond motifs is 1. The number of carbonyl (C=O) groups is 1. The van der Waals surface area contributed by atoms with Crippen LogP contribution in [0.2, 0.25) is 0 Å². The van der Waals surface area contributed by atoms with Gasteiger partial charge in [0.1, 0.15) is 5.82 Å². The first-order valence-corrected chi connectivity index (χ1v) is 8.59. The zero-order valence-electron chi connectivity index (χ0n) is 13.9. The first-order chi connectivity index (χ1) is 12.3. The molecule has 1 aromatic carbocycles. The molecule has 7 nitrogen and oxygen atoms in total. The highest BCUT2D eigenvalue weighted by molar-refractivity contribution is 5.90. The Balaban J connectivity index is 1.51. The smallest absolute Gasteiger partial charge is 0.289 e. The Hall–Kier alpha value is -2.96. The number of nitrogens with zero attached hydrogens (tertiary/aromatic N) is 5. The molecule has 2 aromatic heterocycles. The van der Waals surface area contributed by atoms with Crippen molar-refractivity contribution in [1.82, 2.24) is 29.6 Å². The van der Waals surface area contributed by atoms with Crippen LogP contribution in [0.1, 0.15) is 41.3 Å². The molecular weight excluding hydrogens is 316 g/mol. The maximum atomic E-state index is 12.6. The second kappa shape index (κ2) is 6.88. The molecule has 25 heavy (non-hydrogen) atoms. The Morgan fingerprint density at radius 2 is 2.08 bits per heavy atom. The molecule has 128 valence electrons. The molecule has 0 fully saturated rings. The third-order valence-electron chi connectivity index (χ3n) is 4.53. The summed E-state index contributed by atoms with van der Waals surface area (Å²) in [7, 11) is 0. The molecule has 3 aromatic rings. The second-order valence-electron chi connectivity index (χ2n) is 6.18. The molecule has 4 rings (SSSR count). The Morgan fingerprint density at radius 1 is 1.16 bits per heavy atom. The van der Waals surface area contributed by atoms with Gasteiger partial charge in [-0.3, -0.25) is 4.79 Å². The number of hydrogen-bond donors (Lipinski definition) is 1. The van der Waals surface area contributed by atoms with Gasteiger partial charge in [0, 0.05) is 31.9 Å². The fourth-order valence-corrected chi connectivity index (χ4v) is 3.22. The highest BCUT2D eigenvalue weighted by atomic mass is 16.2. The Labute approximate surface area is 145 Å².